The molecule has 0 heterocycles. The van der Waals surface area contributed by atoms with Crippen molar-refractivity contribution in [2.24, 2.45) is 11.8 Å². The van der Waals surface area contributed by atoms with Crippen LogP contribution in [0.3, 0.4) is 0 Å². The van der Waals surface area contributed by atoms with Gasteiger partial charge in [-0.2, -0.15) is 0 Å². The molecule has 0 aromatic rings. The molecule has 0 aliphatic heterocycles. The van der Waals surface area contributed by atoms with Crippen molar-refractivity contribution >= 4 is 0 Å². The summed E-state index contributed by atoms with van der Waals surface area (Å²) < 4.78 is 0. The van der Waals surface area contributed by atoms with Crippen molar-refractivity contribution in [1.82, 2.24) is 0 Å². The lowest BCUT2D eigenvalue weighted by atomic mass is 9.79. The van der Waals surface area contributed by atoms with E-state index in [2.05, 4.69) is 26.0 Å². The van der Waals surface area contributed by atoms with Crippen molar-refractivity contribution in [2.45, 2.75) is 78.1 Å². The van der Waals surface area contributed by atoms with E-state index >= 15 is 0 Å². The van der Waals surface area contributed by atoms with Crippen LogP contribution in [0.2, 0.25) is 0 Å². The third-order valence-corrected chi connectivity index (χ3v) is 4.80. The SMILES string of the molecule is CCCCCC1=CC=C(CC2CCC(C)CC2)C1. The summed E-state index contributed by atoms with van der Waals surface area (Å²) in [5.74, 6) is 1.98. The quantitative estimate of drug-likeness (QED) is 0.501. The van der Waals surface area contributed by atoms with Crippen molar-refractivity contribution in [1.29, 1.82) is 0 Å². The normalized spacial score (nSPS) is 28.1. The second-order valence-corrected chi connectivity index (χ2v) is 6.61. The van der Waals surface area contributed by atoms with Crippen molar-refractivity contribution in [3.63, 3.8) is 0 Å². The Labute approximate surface area is 114 Å². The molecule has 0 aromatic carbocycles. The number of rotatable bonds is 6. The number of allylic oxidation sites excluding steroid dienone is 4. The van der Waals surface area contributed by atoms with Crippen LogP contribution in [-0.2, 0) is 0 Å². The van der Waals surface area contributed by atoms with Crippen LogP contribution in [-0.4, -0.2) is 0 Å². The Morgan fingerprint density at radius 3 is 2.44 bits per heavy atom. The van der Waals surface area contributed by atoms with Gasteiger partial charge in [0.05, 0.1) is 0 Å². The molecular formula is C18H30. The van der Waals surface area contributed by atoms with Crippen LogP contribution < -0.4 is 0 Å². The van der Waals surface area contributed by atoms with Crippen molar-refractivity contribution in [3.05, 3.63) is 23.3 Å². The predicted octanol–water partition coefficient (Wildman–Crippen LogP) is 6.04. The molecule has 1 saturated carbocycles. The summed E-state index contributed by atoms with van der Waals surface area (Å²) in [7, 11) is 0. The zero-order chi connectivity index (χ0) is 12.8. The molecule has 0 bridgehead atoms. The second-order valence-electron chi connectivity index (χ2n) is 6.61. The molecule has 2 rings (SSSR count). The van der Waals surface area contributed by atoms with E-state index in [-0.39, 0.29) is 0 Å². The number of hydrogen-bond donors (Lipinski definition) is 0. The summed E-state index contributed by atoms with van der Waals surface area (Å²) in [6.45, 7) is 4.70. The van der Waals surface area contributed by atoms with Gasteiger partial charge in [-0.15, -0.1) is 0 Å². The van der Waals surface area contributed by atoms with Gasteiger partial charge in [0.25, 0.3) is 0 Å². The van der Waals surface area contributed by atoms with Gasteiger partial charge in [0.1, 0.15) is 0 Å². The van der Waals surface area contributed by atoms with E-state index in [0.717, 1.165) is 11.8 Å². The maximum Gasteiger partial charge on any atom is -0.0102 e. The van der Waals surface area contributed by atoms with E-state index in [9.17, 15) is 0 Å². The first-order valence-electron chi connectivity index (χ1n) is 8.15. The summed E-state index contributed by atoms with van der Waals surface area (Å²) in [4.78, 5) is 0. The molecule has 0 atom stereocenters. The highest BCUT2D eigenvalue weighted by molar-refractivity contribution is 5.30. The lowest BCUT2D eigenvalue weighted by molar-refractivity contribution is 0.288. The molecule has 1 fully saturated rings. The lowest BCUT2D eigenvalue weighted by Gasteiger charge is -2.26. The van der Waals surface area contributed by atoms with Gasteiger partial charge in [-0.05, 0) is 50.4 Å². The topological polar surface area (TPSA) is 0 Å². The zero-order valence-corrected chi connectivity index (χ0v) is 12.4. The highest BCUT2D eigenvalue weighted by Crippen LogP contribution is 2.35. The number of unbranched alkanes of at least 4 members (excludes halogenated alkanes) is 2. The summed E-state index contributed by atoms with van der Waals surface area (Å²) in [5, 5.41) is 0. The molecule has 0 spiro atoms. The summed E-state index contributed by atoms with van der Waals surface area (Å²) in [6, 6.07) is 0. The van der Waals surface area contributed by atoms with E-state index < -0.39 is 0 Å². The molecule has 0 radical (unpaired) electrons. The minimum absolute atomic E-state index is 0.988. The van der Waals surface area contributed by atoms with Crippen molar-refractivity contribution in [2.75, 3.05) is 0 Å². The van der Waals surface area contributed by atoms with Gasteiger partial charge in [0, 0.05) is 0 Å². The minimum atomic E-state index is 0.988. The van der Waals surface area contributed by atoms with Crippen molar-refractivity contribution < 1.29 is 0 Å². The summed E-state index contributed by atoms with van der Waals surface area (Å²) in [5.41, 5.74) is 3.42. The van der Waals surface area contributed by atoms with Gasteiger partial charge in [0.2, 0.25) is 0 Å². The molecule has 0 aromatic heterocycles. The fraction of sp³-hybridized carbons (Fsp3) is 0.778. The fourth-order valence-electron chi connectivity index (χ4n) is 3.46. The Hall–Kier alpha value is -0.520. The molecule has 0 saturated heterocycles. The standard InChI is InChI=1S/C18H30/c1-3-4-5-6-16-11-12-18(13-16)14-17-9-7-15(2)8-10-17/h11-12,15,17H,3-10,13-14H2,1-2H3. The fourth-order valence-corrected chi connectivity index (χ4v) is 3.46. The first-order chi connectivity index (χ1) is 8.78. The summed E-state index contributed by atoms with van der Waals surface area (Å²) in [6.07, 6.45) is 18.9. The van der Waals surface area contributed by atoms with E-state index in [0.29, 0.717) is 0 Å². The Bertz CT molecular complexity index is 300. The monoisotopic (exact) mass is 246 g/mol. The predicted molar refractivity (Wildman–Crippen MR) is 80.7 cm³/mol. The molecule has 2 aliphatic rings. The summed E-state index contributed by atoms with van der Waals surface area (Å²) >= 11 is 0. The molecule has 102 valence electrons. The van der Waals surface area contributed by atoms with Gasteiger partial charge in [-0.1, -0.05) is 62.8 Å². The lowest BCUT2D eigenvalue weighted by Crippen LogP contribution is -2.12. The molecule has 0 nitrogen and oxygen atoms in total. The van der Waals surface area contributed by atoms with Crippen LogP contribution in [0.15, 0.2) is 23.3 Å². The van der Waals surface area contributed by atoms with Crippen LogP contribution >= 0.6 is 0 Å². The average Bonchev–Trinajstić information content (AvgIpc) is 2.80. The van der Waals surface area contributed by atoms with Crippen LogP contribution in [0.4, 0.5) is 0 Å². The van der Waals surface area contributed by atoms with Gasteiger partial charge in [0.15, 0.2) is 0 Å². The molecule has 0 N–H and O–H groups in total. The van der Waals surface area contributed by atoms with Crippen LogP contribution in [0.1, 0.15) is 78.1 Å². The molecule has 0 heteroatoms. The molecule has 0 amide bonds. The van der Waals surface area contributed by atoms with Crippen LogP contribution in [0.5, 0.6) is 0 Å². The van der Waals surface area contributed by atoms with Gasteiger partial charge >= 0.3 is 0 Å². The largest absolute Gasteiger partial charge is 0.0662 e. The van der Waals surface area contributed by atoms with Crippen LogP contribution in [0, 0.1) is 11.8 Å². The molecule has 0 unspecified atom stereocenters. The first kappa shape index (κ1) is 13.9. The van der Waals surface area contributed by atoms with E-state index in [4.69, 9.17) is 0 Å². The second kappa shape index (κ2) is 7.16. The Kier molecular flexibility index (Phi) is 5.53. The van der Waals surface area contributed by atoms with Crippen LogP contribution in [0.25, 0.3) is 0 Å². The maximum atomic E-state index is 2.43. The van der Waals surface area contributed by atoms with E-state index in [1.165, 1.54) is 64.2 Å². The maximum absolute atomic E-state index is 2.43. The Morgan fingerprint density at radius 1 is 1.00 bits per heavy atom. The molecule has 2 aliphatic carbocycles. The van der Waals surface area contributed by atoms with E-state index in [1.54, 1.807) is 11.1 Å². The minimum Gasteiger partial charge on any atom is -0.0662 e. The van der Waals surface area contributed by atoms with Gasteiger partial charge in [-0.25, -0.2) is 0 Å². The third kappa shape index (κ3) is 4.30. The van der Waals surface area contributed by atoms with E-state index in [1.807, 2.05) is 0 Å². The average molecular weight is 246 g/mol. The zero-order valence-electron chi connectivity index (χ0n) is 12.4. The number of hydrogen-bond acceptors (Lipinski definition) is 0. The Morgan fingerprint density at radius 2 is 1.72 bits per heavy atom. The molecular weight excluding hydrogens is 216 g/mol. The van der Waals surface area contributed by atoms with Gasteiger partial charge in [-0.3, -0.25) is 0 Å². The highest BCUT2D eigenvalue weighted by Gasteiger charge is 2.20. The highest BCUT2D eigenvalue weighted by atomic mass is 14.3. The smallest absolute Gasteiger partial charge is 0.0102 e. The molecule has 18 heavy (non-hydrogen) atoms. The first-order valence-corrected chi connectivity index (χ1v) is 8.15. The van der Waals surface area contributed by atoms with Gasteiger partial charge < -0.3 is 0 Å². The Balaban J connectivity index is 1.65. The van der Waals surface area contributed by atoms with Crippen molar-refractivity contribution in [3.8, 4) is 0 Å². The third-order valence-electron chi connectivity index (χ3n) is 4.80.